The molecule has 0 aliphatic carbocycles. The lowest BCUT2D eigenvalue weighted by molar-refractivity contribution is 0.118. The molecule has 0 aromatic carbocycles. The zero-order valence-corrected chi connectivity index (χ0v) is 9.83. The fourth-order valence-electron chi connectivity index (χ4n) is 2.21. The van der Waals surface area contributed by atoms with E-state index >= 15 is 0 Å². The van der Waals surface area contributed by atoms with E-state index in [4.69, 9.17) is 5.73 Å². The van der Waals surface area contributed by atoms with Crippen LogP contribution in [0.15, 0.2) is 0 Å². The standard InChI is InChI=1S/C11H23N3O/c1-3-7-13-11(15)14-9(2)5-4-6-10(14)8-12/h9-10H,3-8,12H2,1-2H3,(H,13,15). The molecule has 4 heteroatoms. The number of nitrogens with one attached hydrogen (secondary N) is 1. The molecule has 0 saturated carbocycles. The first kappa shape index (κ1) is 12.3. The van der Waals surface area contributed by atoms with E-state index in [1.54, 1.807) is 0 Å². The summed E-state index contributed by atoms with van der Waals surface area (Å²) in [6, 6.07) is 0.606. The minimum Gasteiger partial charge on any atom is -0.338 e. The largest absolute Gasteiger partial charge is 0.338 e. The van der Waals surface area contributed by atoms with Gasteiger partial charge in [0.25, 0.3) is 0 Å². The molecular formula is C11H23N3O. The fraction of sp³-hybridized carbons (Fsp3) is 0.909. The summed E-state index contributed by atoms with van der Waals surface area (Å²) in [5.74, 6) is 0. The summed E-state index contributed by atoms with van der Waals surface area (Å²) < 4.78 is 0. The zero-order valence-electron chi connectivity index (χ0n) is 9.83. The van der Waals surface area contributed by atoms with Crippen molar-refractivity contribution < 1.29 is 4.79 Å². The molecule has 0 bridgehead atoms. The summed E-state index contributed by atoms with van der Waals surface area (Å²) >= 11 is 0. The van der Waals surface area contributed by atoms with Crippen molar-refractivity contribution in [3.05, 3.63) is 0 Å². The van der Waals surface area contributed by atoms with Gasteiger partial charge in [-0.3, -0.25) is 0 Å². The van der Waals surface area contributed by atoms with E-state index < -0.39 is 0 Å². The first-order valence-electron chi connectivity index (χ1n) is 5.97. The van der Waals surface area contributed by atoms with Gasteiger partial charge in [-0.15, -0.1) is 0 Å². The van der Waals surface area contributed by atoms with Crippen LogP contribution >= 0.6 is 0 Å². The van der Waals surface area contributed by atoms with Gasteiger partial charge in [0.15, 0.2) is 0 Å². The van der Waals surface area contributed by atoms with E-state index in [1.807, 2.05) is 4.90 Å². The van der Waals surface area contributed by atoms with Gasteiger partial charge in [0.1, 0.15) is 0 Å². The number of rotatable bonds is 3. The van der Waals surface area contributed by atoms with Gasteiger partial charge in [-0.2, -0.15) is 0 Å². The number of carbonyl (C=O) groups excluding carboxylic acids is 1. The van der Waals surface area contributed by atoms with Gasteiger partial charge in [-0.05, 0) is 32.6 Å². The Morgan fingerprint density at radius 1 is 1.53 bits per heavy atom. The minimum absolute atomic E-state index is 0.0551. The van der Waals surface area contributed by atoms with Crippen molar-refractivity contribution in [2.45, 2.75) is 51.6 Å². The van der Waals surface area contributed by atoms with Crippen molar-refractivity contribution in [2.75, 3.05) is 13.1 Å². The second-order valence-corrected chi connectivity index (χ2v) is 4.31. The highest BCUT2D eigenvalue weighted by atomic mass is 16.2. The smallest absolute Gasteiger partial charge is 0.317 e. The average Bonchev–Trinajstić information content (AvgIpc) is 2.25. The van der Waals surface area contributed by atoms with Crippen LogP contribution in [0.4, 0.5) is 4.79 Å². The molecule has 2 amide bonds. The highest BCUT2D eigenvalue weighted by molar-refractivity contribution is 5.75. The summed E-state index contributed by atoms with van der Waals surface area (Å²) in [7, 11) is 0. The Kier molecular flexibility index (Phi) is 4.88. The lowest BCUT2D eigenvalue weighted by atomic mass is 9.97. The number of piperidine rings is 1. The van der Waals surface area contributed by atoms with Crippen molar-refractivity contribution >= 4 is 6.03 Å². The number of nitrogens with zero attached hydrogens (tertiary/aromatic N) is 1. The molecule has 2 atom stereocenters. The predicted molar refractivity (Wildman–Crippen MR) is 61.7 cm³/mol. The summed E-state index contributed by atoms with van der Waals surface area (Å²) in [4.78, 5) is 13.8. The lowest BCUT2D eigenvalue weighted by Crippen LogP contribution is -2.55. The Bertz CT molecular complexity index is 208. The number of nitrogens with two attached hydrogens (primary N) is 1. The molecule has 2 unspecified atom stereocenters. The van der Waals surface area contributed by atoms with Crippen molar-refractivity contribution in [1.29, 1.82) is 0 Å². The molecule has 0 radical (unpaired) electrons. The van der Waals surface area contributed by atoms with Crippen LogP contribution in [0.1, 0.15) is 39.5 Å². The molecule has 1 aliphatic heterocycles. The van der Waals surface area contributed by atoms with Gasteiger partial charge in [0, 0.05) is 25.2 Å². The van der Waals surface area contributed by atoms with Crippen molar-refractivity contribution in [1.82, 2.24) is 10.2 Å². The molecule has 15 heavy (non-hydrogen) atoms. The fourth-order valence-corrected chi connectivity index (χ4v) is 2.21. The molecule has 3 N–H and O–H groups in total. The zero-order chi connectivity index (χ0) is 11.3. The van der Waals surface area contributed by atoms with Gasteiger partial charge in [-0.25, -0.2) is 4.79 Å². The third-order valence-electron chi connectivity index (χ3n) is 3.06. The topological polar surface area (TPSA) is 58.4 Å². The van der Waals surface area contributed by atoms with Gasteiger partial charge in [0.2, 0.25) is 0 Å². The van der Waals surface area contributed by atoms with Crippen LogP contribution in [0.25, 0.3) is 0 Å². The third-order valence-corrected chi connectivity index (χ3v) is 3.06. The van der Waals surface area contributed by atoms with E-state index in [0.29, 0.717) is 12.6 Å². The van der Waals surface area contributed by atoms with E-state index in [9.17, 15) is 4.79 Å². The van der Waals surface area contributed by atoms with Crippen LogP contribution in [-0.2, 0) is 0 Å². The highest BCUT2D eigenvalue weighted by Gasteiger charge is 2.30. The van der Waals surface area contributed by atoms with Crippen LogP contribution in [0.2, 0.25) is 0 Å². The molecule has 1 heterocycles. The molecule has 0 aromatic rings. The van der Waals surface area contributed by atoms with Crippen molar-refractivity contribution in [2.24, 2.45) is 5.73 Å². The van der Waals surface area contributed by atoms with Crippen LogP contribution in [0.5, 0.6) is 0 Å². The second-order valence-electron chi connectivity index (χ2n) is 4.31. The maximum atomic E-state index is 11.9. The maximum absolute atomic E-state index is 11.9. The van der Waals surface area contributed by atoms with Gasteiger partial charge in [-0.1, -0.05) is 6.92 Å². The molecule has 0 aromatic heterocycles. The van der Waals surface area contributed by atoms with Crippen LogP contribution in [0, 0.1) is 0 Å². The Labute approximate surface area is 92.2 Å². The minimum atomic E-state index is 0.0551. The van der Waals surface area contributed by atoms with Crippen LogP contribution in [-0.4, -0.2) is 36.1 Å². The van der Waals surface area contributed by atoms with Crippen LogP contribution < -0.4 is 11.1 Å². The summed E-state index contributed by atoms with van der Waals surface area (Å²) in [6.45, 7) is 5.48. The molecule has 1 rings (SSSR count). The molecule has 88 valence electrons. The molecule has 4 nitrogen and oxygen atoms in total. The highest BCUT2D eigenvalue weighted by Crippen LogP contribution is 2.21. The first-order chi connectivity index (χ1) is 7.20. The Morgan fingerprint density at radius 2 is 2.27 bits per heavy atom. The van der Waals surface area contributed by atoms with Crippen LogP contribution in [0.3, 0.4) is 0 Å². The molecule has 1 saturated heterocycles. The van der Waals surface area contributed by atoms with Gasteiger partial charge >= 0.3 is 6.03 Å². The molecule has 1 fully saturated rings. The summed E-state index contributed by atoms with van der Waals surface area (Å²) in [5.41, 5.74) is 5.70. The van der Waals surface area contributed by atoms with E-state index in [1.165, 1.54) is 6.42 Å². The number of likely N-dealkylation sites (tertiary alicyclic amines) is 1. The molecule has 1 aliphatic rings. The summed E-state index contributed by atoms with van der Waals surface area (Å²) in [6.07, 6.45) is 4.29. The number of carbonyl (C=O) groups is 1. The Hall–Kier alpha value is -0.770. The maximum Gasteiger partial charge on any atom is 0.317 e. The lowest BCUT2D eigenvalue weighted by Gasteiger charge is -2.40. The van der Waals surface area contributed by atoms with Gasteiger partial charge in [0.05, 0.1) is 0 Å². The predicted octanol–water partition coefficient (Wildman–Crippen LogP) is 1.31. The first-order valence-corrected chi connectivity index (χ1v) is 5.97. The normalized spacial score (nSPS) is 26.5. The molecular weight excluding hydrogens is 190 g/mol. The Balaban J connectivity index is 2.56. The van der Waals surface area contributed by atoms with Crippen molar-refractivity contribution in [3.63, 3.8) is 0 Å². The Morgan fingerprint density at radius 3 is 2.87 bits per heavy atom. The van der Waals surface area contributed by atoms with E-state index in [2.05, 4.69) is 19.2 Å². The number of urea groups is 1. The van der Waals surface area contributed by atoms with Gasteiger partial charge < -0.3 is 16.0 Å². The third kappa shape index (κ3) is 3.09. The number of amides is 2. The monoisotopic (exact) mass is 213 g/mol. The molecule has 0 spiro atoms. The number of hydrogen-bond donors (Lipinski definition) is 2. The van der Waals surface area contributed by atoms with Crippen molar-refractivity contribution in [3.8, 4) is 0 Å². The van der Waals surface area contributed by atoms with E-state index in [-0.39, 0.29) is 12.1 Å². The average molecular weight is 213 g/mol. The van der Waals surface area contributed by atoms with E-state index in [0.717, 1.165) is 25.8 Å². The number of hydrogen-bond acceptors (Lipinski definition) is 2. The summed E-state index contributed by atoms with van der Waals surface area (Å²) in [5, 5.41) is 2.93. The quantitative estimate of drug-likeness (QED) is 0.742. The SMILES string of the molecule is CCCNC(=O)N1C(C)CCCC1CN. The second kappa shape index (κ2) is 5.95.